The first-order valence-corrected chi connectivity index (χ1v) is 7.99. The lowest BCUT2D eigenvalue weighted by molar-refractivity contribution is 0.716. The Kier molecular flexibility index (Phi) is 5.19. The molecule has 2 N–H and O–H groups in total. The average molecular weight is 312 g/mol. The molecule has 3 heteroatoms. The van der Waals surface area contributed by atoms with Crippen molar-refractivity contribution in [3.63, 3.8) is 0 Å². The zero-order chi connectivity index (χ0) is 16.3. The molecule has 2 nitrogen and oxygen atoms in total. The molecule has 0 aliphatic rings. The van der Waals surface area contributed by atoms with Crippen LogP contribution in [-0.4, -0.2) is 5.11 Å². The third-order valence-electron chi connectivity index (χ3n) is 4.01. The molecule has 0 aliphatic heterocycles. The summed E-state index contributed by atoms with van der Waals surface area (Å²) in [5.74, 6) is 0. The quantitative estimate of drug-likeness (QED) is 0.783. The highest BCUT2D eigenvalue weighted by Gasteiger charge is 2.10. The van der Waals surface area contributed by atoms with E-state index in [0.717, 1.165) is 5.69 Å². The Bertz CT molecular complexity index is 692. The van der Waals surface area contributed by atoms with Crippen LogP contribution in [0.25, 0.3) is 0 Å². The van der Waals surface area contributed by atoms with Gasteiger partial charge in [0, 0.05) is 5.69 Å². The fourth-order valence-electron chi connectivity index (χ4n) is 2.49. The van der Waals surface area contributed by atoms with Crippen molar-refractivity contribution in [2.75, 3.05) is 5.32 Å². The van der Waals surface area contributed by atoms with E-state index in [1.807, 2.05) is 0 Å². The van der Waals surface area contributed by atoms with E-state index in [1.54, 1.807) is 0 Å². The van der Waals surface area contributed by atoms with Gasteiger partial charge in [0.2, 0.25) is 0 Å². The van der Waals surface area contributed by atoms with Gasteiger partial charge >= 0.3 is 0 Å². The summed E-state index contributed by atoms with van der Waals surface area (Å²) >= 11 is 5.44. The molecular formula is C19H24N2S. The molecule has 0 fully saturated rings. The maximum absolute atomic E-state index is 5.44. The minimum atomic E-state index is 0.173. The maximum atomic E-state index is 5.44. The first-order valence-electron chi connectivity index (χ1n) is 7.58. The van der Waals surface area contributed by atoms with Gasteiger partial charge in [0.1, 0.15) is 0 Å². The molecule has 0 saturated heterocycles. The summed E-state index contributed by atoms with van der Waals surface area (Å²) in [4.78, 5) is 0. The van der Waals surface area contributed by atoms with E-state index >= 15 is 0 Å². The summed E-state index contributed by atoms with van der Waals surface area (Å²) in [6.07, 6.45) is 0. The summed E-state index contributed by atoms with van der Waals surface area (Å²) in [6, 6.07) is 13.0. The van der Waals surface area contributed by atoms with Crippen LogP contribution in [0.5, 0.6) is 0 Å². The number of hydrogen-bond acceptors (Lipinski definition) is 1. The largest absolute Gasteiger partial charge is 0.356 e. The molecule has 2 rings (SSSR count). The van der Waals surface area contributed by atoms with Crippen molar-refractivity contribution in [1.29, 1.82) is 0 Å². The summed E-state index contributed by atoms with van der Waals surface area (Å²) in [7, 11) is 0. The van der Waals surface area contributed by atoms with Crippen molar-refractivity contribution in [2.24, 2.45) is 0 Å². The van der Waals surface area contributed by atoms with Gasteiger partial charge in [0.15, 0.2) is 5.11 Å². The van der Waals surface area contributed by atoms with Crippen LogP contribution in [0, 0.1) is 27.7 Å². The minimum Gasteiger partial charge on any atom is -0.356 e. The first kappa shape index (κ1) is 16.5. The van der Waals surface area contributed by atoms with Crippen molar-refractivity contribution < 1.29 is 0 Å². The van der Waals surface area contributed by atoms with Crippen LogP contribution in [0.15, 0.2) is 36.4 Å². The Morgan fingerprint density at radius 3 is 2.27 bits per heavy atom. The Morgan fingerprint density at radius 2 is 1.59 bits per heavy atom. The predicted molar refractivity (Wildman–Crippen MR) is 99.6 cm³/mol. The third-order valence-corrected chi connectivity index (χ3v) is 4.23. The molecule has 0 radical (unpaired) electrons. The molecule has 0 spiro atoms. The standard InChI is InChI=1S/C19H24N2S/c1-12-6-7-14(3)18(10-12)16(5)20-19(22)21-17-9-8-13(2)15(4)11-17/h6-11,16H,1-5H3,(H2,20,21,22). The Morgan fingerprint density at radius 1 is 0.909 bits per heavy atom. The van der Waals surface area contributed by atoms with Crippen LogP contribution in [0.4, 0.5) is 5.69 Å². The molecule has 116 valence electrons. The lowest BCUT2D eigenvalue weighted by Gasteiger charge is -2.20. The van der Waals surface area contributed by atoms with Gasteiger partial charge in [-0.3, -0.25) is 0 Å². The lowest BCUT2D eigenvalue weighted by Crippen LogP contribution is -2.31. The van der Waals surface area contributed by atoms with Crippen LogP contribution in [0.2, 0.25) is 0 Å². The van der Waals surface area contributed by atoms with E-state index in [-0.39, 0.29) is 6.04 Å². The zero-order valence-corrected chi connectivity index (χ0v) is 14.8. The van der Waals surface area contributed by atoms with Gasteiger partial charge in [0.05, 0.1) is 6.04 Å². The van der Waals surface area contributed by atoms with Crippen molar-refractivity contribution in [1.82, 2.24) is 5.32 Å². The van der Waals surface area contributed by atoms with Crippen molar-refractivity contribution >= 4 is 23.0 Å². The highest BCUT2D eigenvalue weighted by atomic mass is 32.1. The number of hydrogen-bond donors (Lipinski definition) is 2. The summed E-state index contributed by atoms with van der Waals surface area (Å²) < 4.78 is 0. The third kappa shape index (κ3) is 4.08. The van der Waals surface area contributed by atoms with E-state index < -0.39 is 0 Å². The fourth-order valence-corrected chi connectivity index (χ4v) is 2.78. The first-order chi connectivity index (χ1) is 10.4. The summed E-state index contributed by atoms with van der Waals surface area (Å²) in [5.41, 5.74) is 7.39. The zero-order valence-electron chi connectivity index (χ0n) is 13.9. The molecule has 0 heterocycles. The molecule has 1 atom stereocenters. The van der Waals surface area contributed by atoms with Crippen molar-refractivity contribution in [3.05, 3.63) is 64.2 Å². The summed E-state index contributed by atoms with van der Waals surface area (Å²) in [6.45, 7) is 10.6. The predicted octanol–water partition coefficient (Wildman–Crippen LogP) is 4.97. The van der Waals surface area contributed by atoms with Gasteiger partial charge in [-0.25, -0.2) is 0 Å². The smallest absolute Gasteiger partial charge is 0.171 e. The van der Waals surface area contributed by atoms with E-state index in [4.69, 9.17) is 12.2 Å². The second-order valence-corrected chi connectivity index (χ2v) is 6.39. The molecule has 0 aromatic heterocycles. The average Bonchev–Trinajstić information content (AvgIpc) is 2.45. The number of anilines is 1. The number of nitrogens with one attached hydrogen (secondary N) is 2. The van der Waals surface area contributed by atoms with Gasteiger partial charge in [-0.2, -0.15) is 0 Å². The molecule has 0 saturated carbocycles. The summed E-state index contributed by atoms with van der Waals surface area (Å²) in [5, 5.41) is 7.28. The van der Waals surface area contributed by atoms with Crippen LogP contribution < -0.4 is 10.6 Å². The van der Waals surface area contributed by atoms with Crippen molar-refractivity contribution in [2.45, 2.75) is 40.7 Å². The Labute approximate surface area is 139 Å². The van der Waals surface area contributed by atoms with Crippen LogP contribution in [-0.2, 0) is 0 Å². The normalized spacial score (nSPS) is 11.9. The topological polar surface area (TPSA) is 24.1 Å². The van der Waals surface area contributed by atoms with Crippen LogP contribution in [0.1, 0.15) is 40.8 Å². The molecule has 2 aromatic rings. The second kappa shape index (κ2) is 6.93. The minimum absolute atomic E-state index is 0.173. The molecule has 1 unspecified atom stereocenters. The van der Waals surface area contributed by atoms with E-state index in [2.05, 4.69) is 81.7 Å². The van der Waals surface area contributed by atoms with Gasteiger partial charge in [-0.1, -0.05) is 29.8 Å². The molecule has 0 aliphatic carbocycles. The fraction of sp³-hybridized carbons (Fsp3) is 0.316. The number of aryl methyl sites for hydroxylation is 4. The Hall–Kier alpha value is -1.87. The maximum Gasteiger partial charge on any atom is 0.171 e. The number of benzene rings is 2. The number of rotatable bonds is 3. The van der Waals surface area contributed by atoms with Gasteiger partial charge < -0.3 is 10.6 Å². The molecule has 0 amide bonds. The van der Waals surface area contributed by atoms with E-state index in [1.165, 1.54) is 27.8 Å². The van der Waals surface area contributed by atoms with Crippen molar-refractivity contribution in [3.8, 4) is 0 Å². The highest BCUT2D eigenvalue weighted by Crippen LogP contribution is 2.19. The second-order valence-electron chi connectivity index (χ2n) is 5.98. The van der Waals surface area contributed by atoms with Gasteiger partial charge in [-0.05, 0) is 81.2 Å². The molecular weight excluding hydrogens is 288 g/mol. The lowest BCUT2D eigenvalue weighted by atomic mass is 10.0. The van der Waals surface area contributed by atoms with Gasteiger partial charge in [0.25, 0.3) is 0 Å². The van der Waals surface area contributed by atoms with E-state index in [0.29, 0.717) is 5.11 Å². The van der Waals surface area contributed by atoms with Gasteiger partial charge in [-0.15, -0.1) is 0 Å². The molecule has 22 heavy (non-hydrogen) atoms. The van der Waals surface area contributed by atoms with Crippen LogP contribution >= 0.6 is 12.2 Å². The van der Waals surface area contributed by atoms with E-state index in [9.17, 15) is 0 Å². The molecule has 0 bridgehead atoms. The number of thiocarbonyl (C=S) groups is 1. The monoisotopic (exact) mass is 312 g/mol. The Balaban J connectivity index is 2.05. The highest BCUT2D eigenvalue weighted by molar-refractivity contribution is 7.80. The molecule has 2 aromatic carbocycles. The SMILES string of the molecule is Cc1ccc(C)c(C(C)NC(=S)Nc2ccc(C)c(C)c2)c1. The van der Waals surface area contributed by atoms with Crippen LogP contribution in [0.3, 0.4) is 0 Å².